The van der Waals surface area contributed by atoms with Crippen LogP contribution in [0.25, 0.3) is 115 Å². The predicted molar refractivity (Wildman–Crippen MR) is 317 cm³/mol. The third-order valence-electron chi connectivity index (χ3n) is 14.4. The van der Waals surface area contributed by atoms with Crippen LogP contribution in [0.2, 0.25) is 0 Å². The molecule has 0 atom stereocenters. The zero-order valence-corrected chi connectivity index (χ0v) is 41.4. The lowest BCUT2D eigenvalue weighted by molar-refractivity contribution is 0.670. The summed E-state index contributed by atoms with van der Waals surface area (Å²) in [4.78, 5) is 10.7. The number of nitrogens with zero attached hydrogens (tertiary/aromatic N) is 2. The quantitative estimate of drug-likeness (QED) is 0.133. The third-order valence-corrected chi connectivity index (χ3v) is 15.7. The minimum Gasteiger partial charge on any atom is -0.455 e. The number of amidine groups is 1. The molecule has 0 unspecified atom stereocenters. The molecule has 1 aliphatic heterocycles. The van der Waals surface area contributed by atoms with Crippen molar-refractivity contribution in [2.75, 3.05) is 0 Å². The van der Waals surface area contributed by atoms with Crippen molar-refractivity contribution in [1.29, 1.82) is 0 Å². The van der Waals surface area contributed by atoms with Crippen molar-refractivity contribution in [3.63, 3.8) is 0 Å². The highest BCUT2D eigenvalue weighted by Crippen LogP contribution is 2.45. The first-order chi connectivity index (χ1) is 37.2. The Balaban J connectivity index is 0.803. The molecule has 2 aromatic heterocycles. The Morgan fingerprint density at radius 1 is 0.320 bits per heavy atom. The van der Waals surface area contributed by atoms with Crippen molar-refractivity contribution >= 4 is 70.7 Å². The fraction of sp³-hybridized carbons (Fsp3) is 0. The van der Waals surface area contributed by atoms with Gasteiger partial charge in [0.05, 0.1) is 5.71 Å². The molecule has 0 bridgehead atoms. The zero-order valence-electron chi connectivity index (χ0n) is 40.6. The van der Waals surface area contributed by atoms with Gasteiger partial charge in [0.25, 0.3) is 0 Å². The number of fused-ring (bicyclic) bond motifs is 6. The molecular formula is C71H44N2OS. The number of rotatable bonds is 9. The third kappa shape index (κ3) is 8.12. The molecule has 0 radical (unpaired) electrons. The number of hydrogen-bond donors (Lipinski definition) is 0. The summed E-state index contributed by atoms with van der Waals surface area (Å²) in [5.74, 6) is 0.589. The van der Waals surface area contributed by atoms with Crippen molar-refractivity contribution in [3.05, 3.63) is 289 Å². The molecule has 0 aliphatic carbocycles. The highest BCUT2D eigenvalue weighted by atomic mass is 32.1. The second kappa shape index (κ2) is 18.7. The molecule has 0 saturated carbocycles. The minimum absolute atomic E-state index is 0.589. The Morgan fingerprint density at radius 3 is 1.44 bits per heavy atom. The van der Waals surface area contributed by atoms with Crippen LogP contribution in [0, 0.1) is 0 Å². The number of aliphatic imine (C=N–C) groups is 2. The molecule has 0 amide bonds. The molecule has 14 rings (SSSR count). The summed E-state index contributed by atoms with van der Waals surface area (Å²) in [6.07, 6.45) is 1.97. The van der Waals surface area contributed by atoms with Crippen LogP contribution in [0.1, 0.15) is 16.7 Å². The molecule has 350 valence electrons. The van der Waals surface area contributed by atoms with Gasteiger partial charge in [-0.2, -0.15) is 0 Å². The topological polar surface area (TPSA) is 37.9 Å². The molecule has 4 heteroatoms. The van der Waals surface area contributed by atoms with Gasteiger partial charge in [0.2, 0.25) is 0 Å². The predicted octanol–water partition coefficient (Wildman–Crippen LogP) is 19.4. The summed E-state index contributed by atoms with van der Waals surface area (Å²) in [5.41, 5.74) is 23.4. The molecular weight excluding hydrogens is 929 g/mol. The van der Waals surface area contributed by atoms with E-state index in [9.17, 15) is 0 Å². The van der Waals surface area contributed by atoms with Gasteiger partial charge in [0, 0.05) is 59.3 Å². The maximum atomic E-state index is 6.83. The second-order valence-corrected chi connectivity index (χ2v) is 19.9. The van der Waals surface area contributed by atoms with Crippen LogP contribution in [-0.2, 0) is 0 Å². The van der Waals surface area contributed by atoms with Crippen molar-refractivity contribution in [3.8, 4) is 66.8 Å². The molecule has 13 aromatic rings. The van der Waals surface area contributed by atoms with Crippen LogP contribution in [-0.4, -0.2) is 11.5 Å². The number of allylic oxidation sites excluding steroid dienone is 1. The Labute approximate surface area is 438 Å². The van der Waals surface area contributed by atoms with E-state index in [0.717, 1.165) is 77.7 Å². The number of benzene rings is 11. The smallest absolute Gasteiger partial charge is 0.161 e. The summed E-state index contributed by atoms with van der Waals surface area (Å²) >= 11 is 1.89. The van der Waals surface area contributed by atoms with Gasteiger partial charge in [0.1, 0.15) is 16.9 Å². The first-order valence-electron chi connectivity index (χ1n) is 25.3. The van der Waals surface area contributed by atoms with Crippen LogP contribution in [0.4, 0.5) is 0 Å². The highest BCUT2D eigenvalue weighted by Gasteiger charge is 2.22. The average Bonchev–Trinajstić information content (AvgIpc) is 3.99. The van der Waals surface area contributed by atoms with Crippen molar-refractivity contribution in [1.82, 2.24) is 0 Å². The van der Waals surface area contributed by atoms with Gasteiger partial charge < -0.3 is 4.42 Å². The van der Waals surface area contributed by atoms with Gasteiger partial charge in [-0.1, -0.05) is 242 Å². The molecule has 11 aromatic carbocycles. The van der Waals surface area contributed by atoms with Gasteiger partial charge in [-0.25, -0.2) is 9.98 Å². The molecule has 3 heterocycles. The summed E-state index contributed by atoms with van der Waals surface area (Å²) in [7, 11) is 0. The van der Waals surface area contributed by atoms with Crippen LogP contribution in [0.15, 0.2) is 287 Å². The lowest BCUT2D eigenvalue weighted by Crippen LogP contribution is -2.04. The number of hydrogen-bond acceptors (Lipinski definition) is 4. The van der Waals surface area contributed by atoms with E-state index in [0.29, 0.717) is 11.5 Å². The molecule has 3 nitrogen and oxygen atoms in total. The first kappa shape index (κ1) is 44.0. The lowest BCUT2D eigenvalue weighted by Gasteiger charge is -2.10. The largest absolute Gasteiger partial charge is 0.455 e. The van der Waals surface area contributed by atoms with Crippen LogP contribution >= 0.6 is 11.3 Å². The number of thiophene rings is 1. The van der Waals surface area contributed by atoms with E-state index >= 15 is 0 Å². The first-order valence-corrected chi connectivity index (χ1v) is 26.1. The lowest BCUT2D eigenvalue weighted by atomic mass is 9.94. The molecule has 0 N–H and O–H groups in total. The van der Waals surface area contributed by atoms with E-state index in [2.05, 4.69) is 230 Å². The summed E-state index contributed by atoms with van der Waals surface area (Å²) in [5, 5.41) is 4.58. The normalized spacial score (nSPS) is 12.5. The van der Waals surface area contributed by atoms with Crippen molar-refractivity contribution in [2.45, 2.75) is 0 Å². The Morgan fingerprint density at radius 2 is 0.800 bits per heavy atom. The summed E-state index contributed by atoms with van der Waals surface area (Å²) < 4.78 is 9.47. The fourth-order valence-corrected chi connectivity index (χ4v) is 12.0. The van der Waals surface area contributed by atoms with Crippen molar-refractivity contribution in [2.24, 2.45) is 9.98 Å². The van der Waals surface area contributed by atoms with E-state index in [1.165, 1.54) is 53.6 Å². The van der Waals surface area contributed by atoms with E-state index < -0.39 is 0 Å². The van der Waals surface area contributed by atoms with Crippen LogP contribution in [0.5, 0.6) is 0 Å². The zero-order chi connectivity index (χ0) is 49.7. The molecule has 0 saturated heterocycles. The van der Waals surface area contributed by atoms with Gasteiger partial charge in [-0.05, 0) is 85.5 Å². The van der Waals surface area contributed by atoms with Gasteiger partial charge in [-0.3, -0.25) is 0 Å². The standard InChI is InChI=1S/C71H44N2OS/c1-5-17-46(18-6-1)56-44-62(51-21-9-3-10-22-51)68-63(45-56)67-61(31-16-32-66(67)74-68)71-72-64(52-23-11-4-12-24-52)41-42-65(73-71)53-39-37-48(38-40-53)47-33-35-49(36-34-47)54-25-13-26-55(43-54)58-28-15-30-60-59-29-14-27-57(69(59)75-70(58)60)50-19-7-2-8-20-50/h1-40,42-45H. The van der Waals surface area contributed by atoms with Gasteiger partial charge in [-0.15, -0.1) is 11.3 Å². The molecule has 75 heavy (non-hydrogen) atoms. The van der Waals surface area contributed by atoms with E-state index in [4.69, 9.17) is 14.4 Å². The monoisotopic (exact) mass is 972 g/mol. The van der Waals surface area contributed by atoms with E-state index in [1.54, 1.807) is 0 Å². The average molecular weight is 973 g/mol. The fourth-order valence-electron chi connectivity index (χ4n) is 10.7. The molecule has 0 spiro atoms. The van der Waals surface area contributed by atoms with Crippen LogP contribution < -0.4 is 0 Å². The maximum absolute atomic E-state index is 6.83. The number of furan rings is 1. The van der Waals surface area contributed by atoms with Gasteiger partial charge in [0.15, 0.2) is 5.84 Å². The maximum Gasteiger partial charge on any atom is 0.161 e. The Hall–Kier alpha value is -9.70. The molecule has 0 fully saturated rings. The minimum atomic E-state index is 0.589. The molecule has 1 aliphatic rings. The second-order valence-electron chi connectivity index (χ2n) is 18.9. The van der Waals surface area contributed by atoms with Gasteiger partial charge >= 0.3 is 0 Å². The van der Waals surface area contributed by atoms with E-state index in [-0.39, 0.29) is 0 Å². The summed E-state index contributed by atoms with van der Waals surface area (Å²) in [6.45, 7) is 0. The van der Waals surface area contributed by atoms with Crippen LogP contribution in [0.3, 0.4) is 0 Å². The summed E-state index contributed by atoms with van der Waals surface area (Å²) in [6, 6.07) is 92.6. The Bertz CT molecular complexity index is 4450. The van der Waals surface area contributed by atoms with E-state index in [1.807, 2.05) is 53.8 Å². The highest BCUT2D eigenvalue weighted by molar-refractivity contribution is 7.26. The van der Waals surface area contributed by atoms with Crippen molar-refractivity contribution < 1.29 is 4.42 Å². The Kier molecular flexibility index (Phi) is 11.0. The SMILES string of the molecule is C1=CC(c2ccc(-c3ccc(-c4cccc(-c5cccc6c5sc5c(-c7ccccc7)cccc56)c4)cc3)cc2)=NC(c2cccc3oc4c(-c5ccccc5)cc(-c5ccccc5)cc4c23)=NC=1c1ccccc1.